The molecule has 0 atom stereocenters. The second-order valence-corrected chi connectivity index (χ2v) is 6.35. The highest BCUT2D eigenvalue weighted by atomic mass is 19.4. The smallest absolute Gasteiger partial charge is 0.454 e. The van der Waals surface area contributed by atoms with Gasteiger partial charge in [-0.25, -0.2) is 0 Å². The predicted molar refractivity (Wildman–Crippen MR) is 99.7 cm³/mol. The first-order valence-corrected chi connectivity index (χ1v) is 9.06. The highest BCUT2D eigenvalue weighted by molar-refractivity contribution is 5.96. The lowest BCUT2D eigenvalue weighted by Crippen LogP contribution is -2.34. The topological polar surface area (TPSA) is 93.7 Å². The maximum atomic E-state index is 12.5. The van der Waals surface area contributed by atoms with Crippen molar-refractivity contribution < 1.29 is 50.2 Å². The molecule has 33 heavy (non-hydrogen) atoms. The van der Waals surface area contributed by atoms with Crippen molar-refractivity contribution in [2.45, 2.75) is 19.1 Å². The molecule has 0 aromatic heterocycles. The highest BCUT2D eigenvalue weighted by Crippen LogP contribution is 2.29. The van der Waals surface area contributed by atoms with Gasteiger partial charge in [-0.3, -0.25) is 14.4 Å². The average Bonchev–Trinajstić information content (AvgIpc) is 2.73. The van der Waals surface area contributed by atoms with E-state index in [0.29, 0.717) is 12.1 Å². The standard InChI is InChI=1S/C20H16F6N2O5/c21-19(22,23)14-7-5-12(6-8-14)18(31)28-10-17(30)32-11-16(29)27-9-13-3-1-2-4-15(13)33-20(24,25)26/h1-8H,9-11H2,(H,27,29)(H,28,31). The first-order valence-electron chi connectivity index (χ1n) is 9.06. The highest BCUT2D eigenvalue weighted by Gasteiger charge is 2.32. The van der Waals surface area contributed by atoms with E-state index >= 15 is 0 Å². The van der Waals surface area contributed by atoms with Crippen LogP contribution in [-0.2, 0) is 27.0 Å². The van der Waals surface area contributed by atoms with Gasteiger partial charge in [-0.1, -0.05) is 18.2 Å². The number of para-hydroxylation sites is 1. The van der Waals surface area contributed by atoms with Crippen molar-refractivity contribution in [1.82, 2.24) is 10.6 Å². The number of ether oxygens (including phenoxy) is 2. The zero-order valence-electron chi connectivity index (χ0n) is 16.5. The molecule has 7 nitrogen and oxygen atoms in total. The minimum absolute atomic E-state index is 0.0262. The molecule has 0 unspecified atom stereocenters. The summed E-state index contributed by atoms with van der Waals surface area (Å²) in [7, 11) is 0. The van der Waals surface area contributed by atoms with Crippen molar-refractivity contribution in [3.05, 3.63) is 65.2 Å². The molecule has 0 saturated carbocycles. The van der Waals surface area contributed by atoms with Crippen LogP contribution in [0, 0.1) is 0 Å². The molecule has 0 fully saturated rings. The van der Waals surface area contributed by atoms with Gasteiger partial charge in [0.15, 0.2) is 6.61 Å². The Bertz CT molecular complexity index is 990. The molecule has 13 heteroatoms. The van der Waals surface area contributed by atoms with Gasteiger partial charge in [0.05, 0.1) is 5.56 Å². The van der Waals surface area contributed by atoms with Crippen LogP contribution in [0.2, 0.25) is 0 Å². The van der Waals surface area contributed by atoms with Crippen molar-refractivity contribution in [2.24, 2.45) is 0 Å². The Kier molecular flexibility index (Phi) is 8.26. The number of amides is 2. The third-order valence-electron chi connectivity index (χ3n) is 3.91. The number of hydrogen-bond acceptors (Lipinski definition) is 5. The minimum Gasteiger partial charge on any atom is -0.454 e. The van der Waals surface area contributed by atoms with Crippen LogP contribution in [0.1, 0.15) is 21.5 Å². The monoisotopic (exact) mass is 478 g/mol. The molecule has 2 aromatic carbocycles. The van der Waals surface area contributed by atoms with E-state index in [2.05, 4.69) is 20.1 Å². The average molecular weight is 478 g/mol. The molecule has 0 aliphatic carbocycles. The summed E-state index contributed by atoms with van der Waals surface area (Å²) in [5.74, 6) is -3.20. The lowest BCUT2D eigenvalue weighted by molar-refractivity contribution is -0.274. The van der Waals surface area contributed by atoms with Crippen molar-refractivity contribution in [1.29, 1.82) is 0 Å². The number of alkyl halides is 6. The fraction of sp³-hybridized carbons (Fsp3) is 0.250. The van der Waals surface area contributed by atoms with E-state index in [1.54, 1.807) is 0 Å². The Morgan fingerprint density at radius 3 is 2.09 bits per heavy atom. The van der Waals surface area contributed by atoms with Crippen LogP contribution < -0.4 is 15.4 Å². The number of carbonyl (C=O) groups is 3. The van der Waals surface area contributed by atoms with E-state index in [9.17, 15) is 40.7 Å². The van der Waals surface area contributed by atoms with Gasteiger partial charge >= 0.3 is 18.5 Å². The van der Waals surface area contributed by atoms with Crippen LogP contribution in [0.4, 0.5) is 26.3 Å². The molecule has 0 aliphatic rings. The number of carbonyl (C=O) groups excluding carboxylic acids is 3. The van der Waals surface area contributed by atoms with Crippen molar-refractivity contribution >= 4 is 17.8 Å². The quantitative estimate of drug-likeness (QED) is 0.449. The largest absolute Gasteiger partial charge is 0.573 e. The lowest BCUT2D eigenvalue weighted by Gasteiger charge is -2.13. The lowest BCUT2D eigenvalue weighted by atomic mass is 10.1. The SMILES string of the molecule is O=C(COC(=O)CNC(=O)c1ccc(C(F)(F)F)cc1)NCc1ccccc1OC(F)(F)F. The van der Waals surface area contributed by atoms with Crippen LogP contribution in [0.25, 0.3) is 0 Å². The Morgan fingerprint density at radius 2 is 1.48 bits per heavy atom. The van der Waals surface area contributed by atoms with Gasteiger partial charge in [0, 0.05) is 17.7 Å². The Balaban J connectivity index is 1.75. The van der Waals surface area contributed by atoms with Gasteiger partial charge in [-0.2, -0.15) is 13.2 Å². The maximum Gasteiger partial charge on any atom is 0.573 e. The van der Waals surface area contributed by atoms with Gasteiger partial charge in [-0.05, 0) is 30.3 Å². The van der Waals surface area contributed by atoms with Gasteiger partial charge in [0.25, 0.3) is 11.8 Å². The first kappa shape index (κ1) is 25.5. The van der Waals surface area contributed by atoms with E-state index < -0.39 is 54.8 Å². The number of benzene rings is 2. The van der Waals surface area contributed by atoms with Crippen molar-refractivity contribution in [2.75, 3.05) is 13.2 Å². The molecule has 0 radical (unpaired) electrons. The second kappa shape index (κ2) is 10.7. The molecule has 178 valence electrons. The summed E-state index contributed by atoms with van der Waals surface area (Å²) in [6.07, 6.45) is -9.48. The van der Waals surface area contributed by atoms with Crippen molar-refractivity contribution in [3.8, 4) is 5.75 Å². The number of halogens is 6. The zero-order chi connectivity index (χ0) is 24.6. The molecule has 0 spiro atoms. The van der Waals surface area contributed by atoms with Crippen molar-refractivity contribution in [3.63, 3.8) is 0 Å². The molecule has 2 amide bonds. The summed E-state index contributed by atoms with van der Waals surface area (Å²) in [6.45, 7) is -1.79. The third-order valence-corrected chi connectivity index (χ3v) is 3.91. The fourth-order valence-corrected chi connectivity index (χ4v) is 2.38. The zero-order valence-corrected chi connectivity index (χ0v) is 16.5. The summed E-state index contributed by atoms with van der Waals surface area (Å²) >= 11 is 0. The van der Waals surface area contributed by atoms with Gasteiger partial charge in [0.2, 0.25) is 0 Å². The van der Waals surface area contributed by atoms with E-state index in [0.717, 1.165) is 18.2 Å². The molecule has 0 bridgehead atoms. The van der Waals surface area contributed by atoms with Gasteiger partial charge in [0.1, 0.15) is 12.3 Å². The molecular formula is C20H16F6N2O5. The Labute approximate surface area is 182 Å². The molecule has 2 N–H and O–H groups in total. The number of nitrogens with one attached hydrogen (secondary N) is 2. The molecule has 2 rings (SSSR count). The van der Waals surface area contributed by atoms with E-state index in [-0.39, 0.29) is 17.7 Å². The fourth-order valence-electron chi connectivity index (χ4n) is 2.38. The Morgan fingerprint density at radius 1 is 0.848 bits per heavy atom. The van der Waals surface area contributed by atoms with Crippen LogP contribution in [0.3, 0.4) is 0 Å². The summed E-state index contributed by atoms with van der Waals surface area (Å²) in [4.78, 5) is 35.3. The molecule has 0 heterocycles. The van der Waals surface area contributed by atoms with Crippen LogP contribution in [-0.4, -0.2) is 37.3 Å². The van der Waals surface area contributed by atoms with Crippen LogP contribution in [0.15, 0.2) is 48.5 Å². The van der Waals surface area contributed by atoms with Gasteiger partial charge in [-0.15, -0.1) is 13.2 Å². The van der Waals surface area contributed by atoms with E-state index in [1.165, 1.54) is 18.2 Å². The summed E-state index contributed by atoms with van der Waals surface area (Å²) < 4.78 is 83.2. The molecule has 0 saturated heterocycles. The number of rotatable bonds is 8. The first-order chi connectivity index (χ1) is 15.3. The number of hydrogen-bond donors (Lipinski definition) is 2. The maximum absolute atomic E-state index is 12.5. The molecule has 0 aliphatic heterocycles. The van der Waals surface area contributed by atoms with Crippen LogP contribution >= 0.6 is 0 Å². The number of esters is 1. The van der Waals surface area contributed by atoms with Crippen LogP contribution in [0.5, 0.6) is 5.75 Å². The Hall–Kier alpha value is -3.77. The van der Waals surface area contributed by atoms with E-state index in [1.807, 2.05) is 0 Å². The predicted octanol–water partition coefficient (Wildman–Crippen LogP) is 3.19. The van der Waals surface area contributed by atoms with Gasteiger partial charge < -0.3 is 20.1 Å². The second-order valence-electron chi connectivity index (χ2n) is 6.35. The molecular weight excluding hydrogens is 462 g/mol. The van der Waals surface area contributed by atoms with E-state index in [4.69, 9.17) is 0 Å². The summed E-state index contributed by atoms with van der Waals surface area (Å²) in [5, 5.41) is 4.36. The third kappa shape index (κ3) is 8.71. The molecule has 2 aromatic rings. The normalized spacial score (nSPS) is 11.5. The minimum atomic E-state index is -4.92. The summed E-state index contributed by atoms with van der Waals surface area (Å²) in [6, 6.07) is 8.37. The summed E-state index contributed by atoms with van der Waals surface area (Å²) in [5.41, 5.74) is -1.05.